The highest BCUT2D eigenvalue weighted by Gasteiger charge is 2.20. The van der Waals surface area contributed by atoms with Gasteiger partial charge in [0.15, 0.2) is 0 Å². The maximum absolute atomic E-state index is 13.4. The summed E-state index contributed by atoms with van der Waals surface area (Å²) in [4.78, 5) is 8.28. The van der Waals surface area contributed by atoms with Crippen molar-refractivity contribution in [1.29, 1.82) is 0 Å². The molecule has 2 aromatic carbocycles. The van der Waals surface area contributed by atoms with Crippen molar-refractivity contribution in [2.75, 3.05) is 5.32 Å². The largest absolute Gasteiger partial charge is 0.376 e. The number of nitrogens with one attached hydrogen (secondary N) is 2. The molecule has 3 nitrogen and oxygen atoms in total. The van der Waals surface area contributed by atoms with Crippen molar-refractivity contribution in [3.63, 3.8) is 0 Å². The van der Waals surface area contributed by atoms with E-state index in [1.165, 1.54) is 34.2 Å². The van der Waals surface area contributed by atoms with Crippen LogP contribution in [0.5, 0.6) is 0 Å². The predicted molar refractivity (Wildman–Crippen MR) is 134 cm³/mol. The highest BCUT2D eigenvalue weighted by atomic mass is 35.5. The molecule has 1 unspecified atom stereocenters. The fraction of sp³-hybridized carbons (Fsp3) is 0.296. The third-order valence-corrected chi connectivity index (χ3v) is 6.03. The summed E-state index contributed by atoms with van der Waals surface area (Å²) in [6.45, 7) is 10.9. The third kappa shape index (κ3) is 4.97. The number of benzene rings is 2. The molecule has 1 atom stereocenters. The minimum absolute atomic E-state index is 0. The normalized spacial score (nSPS) is 12.4. The Morgan fingerprint density at radius 1 is 0.969 bits per heavy atom. The van der Waals surface area contributed by atoms with Crippen molar-refractivity contribution in [3.05, 3.63) is 94.7 Å². The molecule has 0 aliphatic heterocycles. The van der Waals surface area contributed by atoms with E-state index in [0.717, 1.165) is 29.0 Å². The van der Waals surface area contributed by atoms with Gasteiger partial charge < -0.3 is 10.3 Å². The van der Waals surface area contributed by atoms with Crippen molar-refractivity contribution in [2.45, 2.75) is 52.5 Å². The van der Waals surface area contributed by atoms with Crippen LogP contribution in [0, 0.1) is 19.7 Å². The standard InChI is InChI=1S/C27H30FN3.ClH/c1-17-18(2)30-25-23(17)14-15-29-26(25)24(31-22-12-10-21(28)11-13-22)16-19-6-8-20(9-7-19)27(3,4)5;/h6-15,24,30-31H,16H2,1-5H3;1H. The molecular formula is C27H31ClFN3. The Morgan fingerprint density at radius 3 is 2.25 bits per heavy atom. The lowest BCUT2D eigenvalue weighted by Gasteiger charge is -2.22. The van der Waals surface area contributed by atoms with Crippen LogP contribution in [0.4, 0.5) is 10.1 Å². The van der Waals surface area contributed by atoms with Crippen LogP contribution in [0.3, 0.4) is 0 Å². The van der Waals surface area contributed by atoms with Gasteiger partial charge >= 0.3 is 0 Å². The molecule has 32 heavy (non-hydrogen) atoms. The molecule has 0 spiro atoms. The van der Waals surface area contributed by atoms with E-state index in [1.54, 1.807) is 12.1 Å². The number of fused-ring (bicyclic) bond motifs is 1. The zero-order chi connectivity index (χ0) is 22.2. The van der Waals surface area contributed by atoms with Crippen LogP contribution < -0.4 is 5.32 Å². The van der Waals surface area contributed by atoms with Gasteiger partial charge in [0.1, 0.15) is 5.82 Å². The summed E-state index contributed by atoms with van der Waals surface area (Å²) in [6, 6.07) is 17.3. The number of aryl methyl sites for hydroxylation is 2. The van der Waals surface area contributed by atoms with Gasteiger partial charge in [0.05, 0.1) is 17.3 Å². The molecule has 0 fully saturated rings. The molecular weight excluding hydrogens is 421 g/mol. The molecule has 0 bridgehead atoms. The number of anilines is 1. The first-order valence-electron chi connectivity index (χ1n) is 10.8. The molecule has 0 saturated heterocycles. The molecule has 2 heterocycles. The Bertz CT molecular complexity index is 1190. The third-order valence-electron chi connectivity index (χ3n) is 6.03. The number of rotatable bonds is 5. The zero-order valence-corrected chi connectivity index (χ0v) is 20.1. The van der Waals surface area contributed by atoms with Gasteiger partial charge in [-0.15, -0.1) is 12.4 Å². The van der Waals surface area contributed by atoms with E-state index in [1.807, 2.05) is 6.20 Å². The fourth-order valence-corrected chi connectivity index (χ4v) is 4.01. The van der Waals surface area contributed by atoms with Crippen LogP contribution in [-0.2, 0) is 11.8 Å². The van der Waals surface area contributed by atoms with Crippen LogP contribution in [0.25, 0.3) is 10.9 Å². The van der Waals surface area contributed by atoms with Crippen LogP contribution in [-0.4, -0.2) is 9.97 Å². The first-order chi connectivity index (χ1) is 14.7. The molecule has 2 aromatic heterocycles. The summed E-state index contributed by atoms with van der Waals surface area (Å²) in [6.07, 6.45) is 2.64. The van der Waals surface area contributed by atoms with Crippen molar-refractivity contribution in [1.82, 2.24) is 9.97 Å². The Labute approximate surface area is 195 Å². The molecule has 2 N–H and O–H groups in total. The maximum atomic E-state index is 13.4. The molecule has 0 amide bonds. The fourth-order valence-electron chi connectivity index (χ4n) is 4.01. The lowest BCUT2D eigenvalue weighted by molar-refractivity contribution is 0.589. The lowest BCUT2D eigenvalue weighted by Crippen LogP contribution is -2.16. The molecule has 4 aromatic rings. The van der Waals surface area contributed by atoms with Crippen LogP contribution in [0.2, 0.25) is 0 Å². The van der Waals surface area contributed by atoms with Crippen LogP contribution in [0.15, 0.2) is 60.8 Å². The summed E-state index contributed by atoms with van der Waals surface area (Å²) in [5.74, 6) is -0.240. The van der Waals surface area contributed by atoms with Gasteiger partial charge in [-0.2, -0.15) is 0 Å². The first kappa shape index (κ1) is 23.8. The van der Waals surface area contributed by atoms with E-state index in [2.05, 4.69) is 75.3 Å². The maximum Gasteiger partial charge on any atom is 0.123 e. The smallest absolute Gasteiger partial charge is 0.123 e. The molecule has 0 saturated carbocycles. The minimum Gasteiger partial charge on any atom is -0.376 e. The molecule has 0 aliphatic rings. The molecule has 0 aliphatic carbocycles. The Morgan fingerprint density at radius 2 is 1.62 bits per heavy atom. The van der Waals surface area contributed by atoms with E-state index >= 15 is 0 Å². The highest BCUT2D eigenvalue weighted by Crippen LogP contribution is 2.31. The number of pyridine rings is 1. The van der Waals surface area contributed by atoms with Crippen molar-refractivity contribution in [3.8, 4) is 0 Å². The van der Waals surface area contributed by atoms with Gasteiger partial charge in [0, 0.05) is 23.0 Å². The molecule has 0 radical (unpaired) electrons. The summed E-state index contributed by atoms with van der Waals surface area (Å²) in [5, 5.41) is 4.78. The Balaban J connectivity index is 0.00000289. The van der Waals surface area contributed by atoms with E-state index in [4.69, 9.17) is 4.98 Å². The van der Waals surface area contributed by atoms with Crippen LogP contribution >= 0.6 is 12.4 Å². The summed E-state index contributed by atoms with van der Waals surface area (Å²) in [5.41, 5.74) is 7.96. The quantitative estimate of drug-likeness (QED) is 0.331. The van der Waals surface area contributed by atoms with Crippen molar-refractivity contribution >= 4 is 29.0 Å². The average Bonchev–Trinajstić information content (AvgIpc) is 3.03. The second-order valence-electron chi connectivity index (χ2n) is 9.35. The molecule has 168 valence electrons. The number of hydrogen-bond acceptors (Lipinski definition) is 2. The predicted octanol–water partition coefficient (Wildman–Crippen LogP) is 7.43. The van der Waals surface area contributed by atoms with Crippen LogP contribution in [0.1, 0.15) is 54.9 Å². The number of H-pyrrole nitrogens is 1. The zero-order valence-electron chi connectivity index (χ0n) is 19.3. The van der Waals surface area contributed by atoms with Gasteiger partial charge in [-0.3, -0.25) is 4.98 Å². The Kier molecular flexibility index (Phi) is 6.94. The number of halogens is 2. The second-order valence-corrected chi connectivity index (χ2v) is 9.35. The SMILES string of the molecule is Cc1[nH]c2c(C(Cc3ccc(C(C)(C)C)cc3)Nc3ccc(F)cc3)nccc2c1C.Cl. The van der Waals surface area contributed by atoms with E-state index in [-0.39, 0.29) is 29.7 Å². The topological polar surface area (TPSA) is 40.7 Å². The summed E-state index contributed by atoms with van der Waals surface area (Å²) < 4.78 is 13.4. The van der Waals surface area contributed by atoms with Crippen molar-refractivity contribution < 1.29 is 4.39 Å². The minimum atomic E-state index is -0.240. The van der Waals surface area contributed by atoms with Gasteiger partial charge in [0.25, 0.3) is 0 Å². The van der Waals surface area contributed by atoms with Gasteiger partial charge in [-0.25, -0.2) is 4.39 Å². The number of nitrogens with zero attached hydrogens (tertiary/aromatic N) is 1. The van der Waals surface area contributed by atoms with E-state index in [9.17, 15) is 4.39 Å². The summed E-state index contributed by atoms with van der Waals surface area (Å²) >= 11 is 0. The summed E-state index contributed by atoms with van der Waals surface area (Å²) in [7, 11) is 0. The van der Waals surface area contributed by atoms with Crippen molar-refractivity contribution in [2.24, 2.45) is 0 Å². The van der Waals surface area contributed by atoms with Gasteiger partial charge in [-0.1, -0.05) is 45.0 Å². The number of aromatic amines is 1. The highest BCUT2D eigenvalue weighted by molar-refractivity contribution is 5.86. The van der Waals surface area contributed by atoms with Gasteiger partial charge in [0.2, 0.25) is 0 Å². The van der Waals surface area contributed by atoms with E-state index < -0.39 is 0 Å². The molecule has 5 heteroatoms. The van der Waals surface area contributed by atoms with Gasteiger partial charge in [-0.05, 0) is 72.7 Å². The Hall–Kier alpha value is -2.85. The van der Waals surface area contributed by atoms with E-state index in [0.29, 0.717) is 0 Å². The second kappa shape index (κ2) is 9.33. The number of aromatic nitrogens is 2. The number of hydrogen-bond donors (Lipinski definition) is 2. The first-order valence-corrected chi connectivity index (χ1v) is 10.8. The molecule has 4 rings (SSSR count). The monoisotopic (exact) mass is 451 g/mol. The lowest BCUT2D eigenvalue weighted by atomic mass is 9.86. The average molecular weight is 452 g/mol.